The average molecular weight is 226 g/mol. The zero-order valence-corrected chi connectivity index (χ0v) is 12.0. The van der Waals surface area contributed by atoms with Crippen molar-refractivity contribution in [2.75, 3.05) is 19.6 Å². The molecule has 0 unspecified atom stereocenters. The van der Waals surface area contributed by atoms with Gasteiger partial charge in [-0.25, -0.2) is 0 Å². The summed E-state index contributed by atoms with van der Waals surface area (Å²) in [4.78, 5) is 2.50. The summed E-state index contributed by atoms with van der Waals surface area (Å²) in [6, 6.07) is 1.13. The van der Waals surface area contributed by atoms with Crippen LogP contribution in [0.3, 0.4) is 0 Å². The Balaban J connectivity index is 4.03. The van der Waals surface area contributed by atoms with Crippen LogP contribution in [0, 0.1) is 5.92 Å². The molecule has 0 bridgehead atoms. The van der Waals surface area contributed by atoms with Gasteiger partial charge in [0.25, 0.3) is 0 Å². The second-order valence-electron chi connectivity index (χ2n) is 5.70. The lowest BCUT2D eigenvalue weighted by Gasteiger charge is -2.29. The molecule has 16 heavy (non-hydrogen) atoms. The third-order valence-electron chi connectivity index (χ3n) is 2.52. The summed E-state index contributed by atoms with van der Waals surface area (Å²) in [6.07, 6.45) is 0. The molecule has 0 aromatic carbocycles. The second-order valence-corrected chi connectivity index (χ2v) is 5.70. The zero-order chi connectivity index (χ0) is 12.7. The molecule has 0 atom stereocenters. The highest BCUT2D eigenvalue weighted by atomic mass is 15.1. The lowest BCUT2D eigenvalue weighted by Crippen LogP contribution is -2.37. The van der Waals surface area contributed by atoms with Crippen LogP contribution in [0.5, 0.6) is 0 Å². The maximum atomic E-state index is 4.15. The first-order valence-electron chi connectivity index (χ1n) is 6.47. The highest BCUT2D eigenvalue weighted by Gasteiger charge is 2.12. The van der Waals surface area contributed by atoms with E-state index in [1.165, 1.54) is 5.57 Å². The van der Waals surface area contributed by atoms with Crippen LogP contribution in [0.1, 0.15) is 41.5 Å². The minimum atomic E-state index is 0.536. The molecule has 0 aromatic heterocycles. The molecule has 96 valence electrons. The smallest absolute Gasteiger partial charge is 0.0205 e. The maximum Gasteiger partial charge on any atom is 0.0205 e. The van der Waals surface area contributed by atoms with E-state index in [-0.39, 0.29) is 0 Å². The Kier molecular flexibility index (Phi) is 7.69. The van der Waals surface area contributed by atoms with Crippen LogP contribution in [0.25, 0.3) is 0 Å². The molecule has 0 radical (unpaired) electrons. The van der Waals surface area contributed by atoms with Gasteiger partial charge in [0.1, 0.15) is 0 Å². The minimum absolute atomic E-state index is 0.536. The Morgan fingerprint density at radius 3 is 2.06 bits per heavy atom. The van der Waals surface area contributed by atoms with Crippen LogP contribution in [0.4, 0.5) is 0 Å². The summed E-state index contributed by atoms with van der Waals surface area (Å²) in [6.45, 7) is 20.6. The van der Waals surface area contributed by atoms with Gasteiger partial charge in [-0.2, -0.15) is 0 Å². The predicted molar refractivity (Wildman–Crippen MR) is 73.8 cm³/mol. The first-order valence-corrected chi connectivity index (χ1v) is 6.47. The van der Waals surface area contributed by atoms with Gasteiger partial charge in [-0.05, 0) is 25.3 Å². The molecule has 0 aliphatic carbocycles. The molecule has 1 N–H and O–H groups in total. The van der Waals surface area contributed by atoms with Gasteiger partial charge >= 0.3 is 0 Å². The number of hydrogen-bond donors (Lipinski definition) is 1. The van der Waals surface area contributed by atoms with Gasteiger partial charge in [0.2, 0.25) is 0 Å². The summed E-state index contributed by atoms with van der Waals surface area (Å²) in [5.74, 6) is 0.716. The highest BCUT2D eigenvalue weighted by Crippen LogP contribution is 2.06. The van der Waals surface area contributed by atoms with E-state index < -0.39 is 0 Å². The third-order valence-corrected chi connectivity index (χ3v) is 2.52. The van der Waals surface area contributed by atoms with Crippen molar-refractivity contribution in [3.05, 3.63) is 12.2 Å². The van der Waals surface area contributed by atoms with Crippen molar-refractivity contribution < 1.29 is 0 Å². The molecule has 0 amide bonds. The summed E-state index contributed by atoms with van der Waals surface area (Å²) in [5, 5.41) is 3.42. The fourth-order valence-electron chi connectivity index (χ4n) is 1.62. The zero-order valence-electron chi connectivity index (χ0n) is 12.0. The van der Waals surface area contributed by atoms with Crippen LogP contribution in [0.15, 0.2) is 12.2 Å². The first kappa shape index (κ1) is 15.7. The van der Waals surface area contributed by atoms with E-state index >= 15 is 0 Å². The Morgan fingerprint density at radius 1 is 1.12 bits per heavy atom. The quantitative estimate of drug-likeness (QED) is 0.640. The molecule has 0 saturated carbocycles. The number of nitrogens with one attached hydrogen (secondary N) is 1. The van der Waals surface area contributed by atoms with Gasteiger partial charge in [-0.3, -0.25) is 4.90 Å². The molecule has 2 nitrogen and oxygen atoms in total. The molecular formula is C14H30N2. The average Bonchev–Trinajstić information content (AvgIpc) is 2.12. The van der Waals surface area contributed by atoms with Gasteiger partial charge in [0.05, 0.1) is 0 Å². The summed E-state index contributed by atoms with van der Waals surface area (Å²) in [5.41, 5.74) is 1.28. The van der Waals surface area contributed by atoms with Crippen molar-refractivity contribution in [2.24, 2.45) is 5.92 Å². The van der Waals surface area contributed by atoms with Crippen molar-refractivity contribution in [3.63, 3.8) is 0 Å². The van der Waals surface area contributed by atoms with E-state index in [2.05, 4.69) is 58.3 Å². The number of rotatable bonds is 8. The van der Waals surface area contributed by atoms with E-state index in [9.17, 15) is 0 Å². The molecular weight excluding hydrogens is 196 g/mol. The molecule has 0 aliphatic heterocycles. The highest BCUT2D eigenvalue weighted by molar-refractivity contribution is 5.00. The van der Waals surface area contributed by atoms with Gasteiger partial charge in [-0.15, -0.1) is 0 Å². The van der Waals surface area contributed by atoms with E-state index in [1.807, 2.05) is 0 Å². The topological polar surface area (TPSA) is 15.3 Å². The SMILES string of the molecule is C=C(CNC(C)C)CN(CC(C)C)C(C)C. The third kappa shape index (κ3) is 7.89. The van der Waals surface area contributed by atoms with Crippen molar-refractivity contribution in [1.29, 1.82) is 0 Å². The van der Waals surface area contributed by atoms with Gasteiger partial charge in [0.15, 0.2) is 0 Å². The minimum Gasteiger partial charge on any atom is -0.311 e. The normalized spacial score (nSPS) is 12.1. The first-order chi connectivity index (χ1) is 7.32. The van der Waals surface area contributed by atoms with Crippen LogP contribution < -0.4 is 5.32 Å². The molecule has 0 fully saturated rings. The monoisotopic (exact) mass is 226 g/mol. The fourth-order valence-corrected chi connectivity index (χ4v) is 1.62. The van der Waals surface area contributed by atoms with Crippen molar-refractivity contribution >= 4 is 0 Å². The van der Waals surface area contributed by atoms with Crippen LogP contribution in [-0.4, -0.2) is 36.6 Å². The maximum absolute atomic E-state index is 4.15. The van der Waals surface area contributed by atoms with E-state index in [4.69, 9.17) is 0 Å². The molecule has 0 aliphatic rings. The van der Waals surface area contributed by atoms with Crippen molar-refractivity contribution in [2.45, 2.75) is 53.6 Å². The Morgan fingerprint density at radius 2 is 1.69 bits per heavy atom. The van der Waals surface area contributed by atoms with E-state index in [0.29, 0.717) is 18.0 Å². The van der Waals surface area contributed by atoms with Crippen LogP contribution in [-0.2, 0) is 0 Å². The van der Waals surface area contributed by atoms with Crippen LogP contribution >= 0.6 is 0 Å². The second kappa shape index (κ2) is 7.86. The molecule has 0 saturated heterocycles. The van der Waals surface area contributed by atoms with Gasteiger partial charge in [-0.1, -0.05) is 34.3 Å². The lowest BCUT2D eigenvalue weighted by molar-refractivity contribution is 0.213. The molecule has 0 rings (SSSR count). The van der Waals surface area contributed by atoms with Gasteiger partial charge < -0.3 is 5.32 Å². The summed E-state index contributed by atoms with van der Waals surface area (Å²) in [7, 11) is 0. The largest absolute Gasteiger partial charge is 0.311 e. The lowest BCUT2D eigenvalue weighted by atomic mass is 10.1. The summed E-state index contributed by atoms with van der Waals surface area (Å²) >= 11 is 0. The van der Waals surface area contributed by atoms with Crippen molar-refractivity contribution in [1.82, 2.24) is 10.2 Å². The van der Waals surface area contributed by atoms with E-state index in [1.54, 1.807) is 0 Å². The number of hydrogen-bond acceptors (Lipinski definition) is 2. The molecule has 0 heterocycles. The number of nitrogens with zero attached hydrogens (tertiary/aromatic N) is 1. The molecule has 2 heteroatoms. The summed E-state index contributed by atoms with van der Waals surface area (Å²) < 4.78 is 0. The Labute approximate surface area is 102 Å². The van der Waals surface area contributed by atoms with Crippen LogP contribution in [0.2, 0.25) is 0 Å². The fraction of sp³-hybridized carbons (Fsp3) is 0.857. The standard InChI is InChI=1S/C14H30N2/c1-11(2)9-16(13(5)6)10-14(7)8-15-12(3)4/h11-13,15H,7-10H2,1-6H3. The molecule has 0 aromatic rings. The van der Waals surface area contributed by atoms with Crippen molar-refractivity contribution in [3.8, 4) is 0 Å². The van der Waals surface area contributed by atoms with E-state index in [0.717, 1.165) is 19.6 Å². The Hall–Kier alpha value is -0.340. The predicted octanol–water partition coefficient (Wildman–Crippen LogP) is 2.91. The Bertz CT molecular complexity index is 195. The van der Waals surface area contributed by atoms with Gasteiger partial charge in [0, 0.05) is 31.7 Å². The molecule has 0 spiro atoms.